The number of hydrogen-bond donors (Lipinski definition) is 1. The first-order chi connectivity index (χ1) is 20.2. The Kier molecular flexibility index (Phi) is 11.5. The van der Waals surface area contributed by atoms with Crippen LogP contribution in [0, 0.1) is 6.92 Å². The monoisotopic (exact) mass is 647 g/mol. The van der Waals surface area contributed by atoms with Crippen LogP contribution in [-0.4, -0.2) is 49.9 Å². The number of ether oxygens (including phenoxy) is 1. The highest BCUT2D eigenvalue weighted by Gasteiger charge is 2.35. The van der Waals surface area contributed by atoms with Crippen LogP contribution < -0.4 is 14.4 Å². The second-order valence-corrected chi connectivity index (χ2v) is 13.8. The minimum Gasteiger partial charge on any atom is -0.494 e. The fourth-order valence-electron chi connectivity index (χ4n) is 4.47. The van der Waals surface area contributed by atoms with Crippen LogP contribution in [0.4, 0.5) is 5.69 Å². The summed E-state index contributed by atoms with van der Waals surface area (Å²) in [6, 6.07) is 16.9. The third-order valence-corrected chi connectivity index (χ3v) is 9.09. The summed E-state index contributed by atoms with van der Waals surface area (Å²) in [5.41, 5.74) is 1.12. The van der Waals surface area contributed by atoms with Crippen LogP contribution in [0.1, 0.15) is 52.2 Å². The van der Waals surface area contributed by atoms with Gasteiger partial charge in [-0.2, -0.15) is 0 Å². The first-order valence-corrected chi connectivity index (χ1v) is 16.2. The molecule has 0 saturated heterocycles. The molecule has 0 radical (unpaired) electrons. The van der Waals surface area contributed by atoms with Crippen LogP contribution in [-0.2, 0) is 26.2 Å². The Bertz CT molecular complexity index is 1500. The highest BCUT2D eigenvalue weighted by atomic mass is 35.5. The van der Waals surface area contributed by atoms with Crippen molar-refractivity contribution in [3.63, 3.8) is 0 Å². The molecule has 0 fully saturated rings. The zero-order valence-corrected chi connectivity index (χ0v) is 27.7. The van der Waals surface area contributed by atoms with Crippen molar-refractivity contribution in [3.05, 3.63) is 87.9 Å². The Hall–Kier alpha value is -3.27. The third kappa shape index (κ3) is 8.87. The molecule has 0 heterocycles. The van der Waals surface area contributed by atoms with Crippen LogP contribution in [0.25, 0.3) is 0 Å². The molecule has 11 heteroatoms. The van der Waals surface area contributed by atoms with Gasteiger partial charge < -0.3 is 15.0 Å². The van der Waals surface area contributed by atoms with Gasteiger partial charge in [0, 0.05) is 27.7 Å². The van der Waals surface area contributed by atoms with Crippen LogP contribution in [0.3, 0.4) is 0 Å². The Balaban J connectivity index is 2.10. The summed E-state index contributed by atoms with van der Waals surface area (Å²) in [4.78, 5) is 29.1. The topological polar surface area (TPSA) is 96.0 Å². The van der Waals surface area contributed by atoms with Gasteiger partial charge in [-0.1, -0.05) is 53.9 Å². The van der Waals surface area contributed by atoms with Gasteiger partial charge in [0.2, 0.25) is 11.8 Å². The predicted octanol–water partition coefficient (Wildman–Crippen LogP) is 6.62. The molecule has 2 amide bonds. The Morgan fingerprint density at radius 1 is 0.930 bits per heavy atom. The van der Waals surface area contributed by atoms with Crippen molar-refractivity contribution in [3.8, 4) is 5.75 Å². The number of aryl methyl sites for hydroxylation is 1. The van der Waals surface area contributed by atoms with E-state index in [2.05, 4.69) is 5.32 Å². The van der Waals surface area contributed by atoms with E-state index < -0.39 is 34.1 Å². The number of halogens is 2. The zero-order valence-electron chi connectivity index (χ0n) is 25.4. The second kappa shape index (κ2) is 14.5. The average molecular weight is 649 g/mol. The highest BCUT2D eigenvalue weighted by Crippen LogP contribution is 2.29. The second-order valence-electron chi connectivity index (χ2n) is 11.1. The number of nitrogens with zero attached hydrogens (tertiary/aromatic N) is 2. The normalized spacial score (nSPS) is 12.4. The van der Waals surface area contributed by atoms with Crippen molar-refractivity contribution < 1.29 is 22.7 Å². The number of carbonyl (C=O) groups is 2. The number of amides is 2. The van der Waals surface area contributed by atoms with E-state index in [-0.39, 0.29) is 23.8 Å². The van der Waals surface area contributed by atoms with Crippen LogP contribution in [0.15, 0.2) is 71.6 Å². The fourth-order valence-corrected chi connectivity index (χ4v) is 6.40. The van der Waals surface area contributed by atoms with Gasteiger partial charge >= 0.3 is 0 Å². The van der Waals surface area contributed by atoms with Gasteiger partial charge in [0.05, 0.1) is 17.2 Å². The molecule has 1 unspecified atom stereocenters. The zero-order chi connectivity index (χ0) is 31.9. The molecule has 0 aliphatic carbocycles. The number of nitrogens with one attached hydrogen (secondary N) is 1. The number of anilines is 1. The molecular formula is C32H39Cl2N3O5S. The van der Waals surface area contributed by atoms with Gasteiger partial charge in [-0.25, -0.2) is 8.42 Å². The summed E-state index contributed by atoms with van der Waals surface area (Å²) in [6.45, 7) is 10.8. The minimum absolute atomic E-state index is 0.0115. The van der Waals surface area contributed by atoms with Crippen molar-refractivity contribution in [2.24, 2.45) is 0 Å². The molecule has 8 nitrogen and oxygen atoms in total. The van der Waals surface area contributed by atoms with Gasteiger partial charge in [0.15, 0.2) is 0 Å². The molecule has 0 saturated carbocycles. The van der Waals surface area contributed by atoms with E-state index in [1.807, 2.05) is 34.6 Å². The maximum absolute atomic E-state index is 14.2. The Morgan fingerprint density at radius 3 is 2.02 bits per heavy atom. The molecule has 0 aromatic heterocycles. The molecule has 0 spiro atoms. The summed E-state index contributed by atoms with van der Waals surface area (Å²) in [7, 11) is -4.22. The molecule has 0 aliphatic heterocycles. The quantitative estimate of drug-likeness (QED) is 0.238. The Labute approximate surface area is 265 Å². The number of hydrogen-bond acceptors (Lipinski definition) is 5. The molecule has 1 atom stereocenters. The summed E-state index contributed by atoms with van der Waals surface area (Å²) in [5, 5.41) is 3.60. The predicted molar refractivity (Wildman–Crippen MR) is 172 cm³/mol. The summed E-state index contributed by atoms with van der Waals surface area (Å²) >= 11 is 13.0. The lowest BCUT2D eigenvalue weighted by molar-refractivity contribution is -0.141. The van der Waals surface area contributed by atoms with Crippen molar-refractivity contribution >= 4 is 50.7 Å². The largest absolute Gasteiger partial charge is 0.494 e. The van der Waals surface area contributed by atoms with Gasteiger partial charge in [0.1, 0.15) is 18.3 Å². The third-order valence-electron chi connectivity index (χ3n) is 6.60. The number of benzene rings is 3. The van der Waals surface area contributed by atoms with Crippen molar-refractivity contribution in [2.75, 3.05) is 17.5 Å². The molecular weight excluding hydrogens is 609 g/mol. The van der Waals surface area contributed by atoms with E-state index >= 15 is 0 Å². The average Bonchev–Trinajstić information content (AvgIpc) is 2.93. The smallest absolute Gasteiger partial charge is 0.264 e. The summed E-state index contributed by atoms with van der Waals surface area (Å²) in [6.07, 6.45) is 0.270. The molecule has 232 valence electrons. The number of sulfonamides is 1. The van der Waals surface area contributed by atoms with Crippen molar-refractivity contribution in [2.45, 2.75) is 71.0 Å². The van der Waals surface area contributed by atoms with Gasteiger partial charge in [0.25, 0.3) is 10.0 Å². The summed E-state index contributed by atoms with van der Waals surface area (Å²) < 4.78 is 34.7. The van der Waals surface area contributed by atoms with Crippen molar-refractivity contribution in [1.82, 2.24) is 10.2 Å². The maximum atomic E-state index is 14.2. The highest BCUT2D eigenvalue weighted by molar-refractivity contribution is 7.92. The van der Waals surface area contributed by atoms with Crippen LogP contribution >= 0.6 is 23.2 Å². The number of rotatable bonds is 12. The molecule has 43 heavy (non-hydrogen) atoms. The number of carbonyl (C=O) groups excluding carboxylic acids is 2. The molecule has 0 bridgehead atoms. The fraction of sp³-hybridized carbons (Fsp3) is 0.375. The molecule has 1 N–H and O–H groups in total. The first kappa shape index (κ1) is 34.2. The Morgan fingerprint density at radius 2 is 1.51 bits per heavy atom. The molecule has 3 rings (SSSR count). The van der Waals surface area contributed by atoms with Crippen LogP contribution in [0.2, 0.25) is 10.0 Å². The SMILES string of the molecule is CCOc1ccc(S(=O)(=O)N(CC(=O)N(Cc2c(Cl)cccc2Cl)C(CC)C(=O)NC(C)(C)C)c2ccc(C)cc2)cc1. The van der Waals surface area contributed by atoms with E-state index in [1.54, 1.807) is 61.5 Å². The van der Waals surface area contributed by atoms with E-state index in [0.29, 0.717) is 33.7 Å². The maximum Gasteiger partial charge on any atom is 0.264 e. The molecule has 3 aromatic rings. The lowest BCUT2D eigenvalue weighted by Crippen LogP contribution is -2.55. The van der Waals surface area contributed by atoms with E-state index in [9.17, 15) is 18.0 Å². The minimum atomic E-state index is -4.22. The van der Waals surface area contributed by atoms with Gasteiger partial charge in [-0.3, -0.25) is 13.9 Å². The standard InChI is InChI=1S/C32H39Cl2N3O5S/c1-7-29(31(39)35-32(4,5)6)36(20-26-27(33)10-9-11-28(26)34)30(38)21-37(23-14-12-22(3)13-15-23)43(40,41)25-18-16-24(17-19-25)42-8-2/h9-19,29H,7-8,20-21H2,1-6H3,(H,35,39). The van der Waals surface area contributed by atoms with E-state index in [1.165, 1.54) is 17.0 Å². The van der Waals surface area contributed by atoms with Crippen molar-refractivity contribution in [1.29, 1.82) is 0 Å². The summed E-state index contributed by atoms with van der Waals surface area (Å²) in [5.74, 6) is -0.442. The lowest BCUT2D eigenvalue weighted by Gasteiger charge is -2.35. The van der Waals surface area contributed by atoms with Crippen LogP contribution in [0.5, 0.6) is 5.75 Å². The van der Waals surface area contributed by atoms with E-state index in [4.69, 9.17) is 27.9 Å². The van der Waals surface area contributed by atoms with Gasteiger partial charge in [-0.05, 0) is 89.6 Å². The van der Waals surface area contributed by atoms with E-state index in [0.717, 1.165) is 9.87 Å². The lowest BCUT2D eigenvalue weighted by atomic mass is 10.1. The molecule has 3 aromatic carbocycles. The first-order valence-electron chi connectivity index (χ1n) is 14.0. The van der Waals surface area contributed by atoms with Gasteiger partial charge in [-0.15, -0.1) is 0 Å². The molecule has 0 aliphatic rings.